The Balaban J connectivity index is 1.75. The number of carboxylic acids is 1. The molecule has 162 valence electrons. The van der Waals surface area contributed by atoms with Crippen molar-refractivity contribution >= 4 is 14.3 Å². The molecule has 3 aromatic rings. The molecule has 0 saturated heterocycles. The van der Waals surface area contributed by atoms with Crippen LogP contribution >= 0.6 is 0 Å². The number of aromatic carboxylic acids is 1. The van der Waals surface area contributed by atoms with Crippen molar-refractivity contribution in [3.63, 3.8) is 0 Å². The molecule has 0 bridgehead atoms. The van der Waals surface area contributed by atoms with Crippen LogP contribution in [0.4, 0.5) is 0 Å². The highest BCUT2D eigenvalue weighted by Crippen LogP contribution is 2.30. The second-order valence-electron chi connectivity index (χ2n) is 8.10. The number of carboxylic acid groups (broad SMARTS) is 1. The molecule has 4 nitrogen and oxygen atoms in total. The van der Waals surface area contributed by atoms with Gasteiger partial charge in [-0.3, -0.25) is 0 Å². The van der Waals surface area contributed by atoms with Gasteiger partial charge in [-0.2, -0.15) is 0 Å². The average Bonchev–Trinajstić information content (AvgIpc) is 2.77. The van der Waals surface area contributed by atoms with Crippen LogP contribution in [0.25, 0.3) is 22.3 Å². The molecule has 0 amide bonds. The van der Waals surface area contributed by atoms with E-state index in [4.69, 9.17) is 9.16 Å². The predicted molar refractivity (Wildman–Crippen MR) is 128 cm³/mol. The van der Waals surface area contributed by atoms with Crippen LogP contribution < -0.4 is 4.74 Å². The molecular weight excluding hydrogens is 404 g/mol. The summed E-state index contributed by atoms with van der Waals surface area (Å²) in [5.74, 6) is -0.263. The van der Waals surface area contributed by atoms with Crippen LogP contribution in [0.2, 0.25) is 19.1 Å². The zero-order valence-corrected chi connectivity index (χ0v) is 19.4. The first-order valence-electron chi connectivity index (χ1n) is 10.7. The van der Waals surface area contributed by atoms with Gasteiger partial charge >= 0.3 is 5.97 Å². The second kappa shape index (κ2) is 10.4. The molecule has 0 radical (unpaired) electrons. The maximum absolute atomic E-state index is 11.8. The Bertz CT molecular complexity index is 998. The van der Waals surface area contributed by atoms with Crippen LogP contribution in [0.3, 0.4) is 0 Å². The van der Waals surface area contributed by atoms with Crippen LogP contribution in [-0.4, -0.2) is 32.6 Å². The van der Waals surface area contributed by atoms with Crippen molar-refractivity contribution in [2.24, 2.45) is 0 Å². The van der Waals surface area contributed by atoms with Crippen molar-refractivity contribution in [1.82, 2.24) is 0 Å². The number of ether oxygens (including phenoxy) is 1. The molecule has 3 rings (SSSR count). The monoisotopic (exact) mass is 434 g/mol. The lowest BCUT2D eigenvalue weighted by atomic mass is 9.96. The van der Waals surface area contributed by atoms with Gasteiger partial charge in [0.15, 0.2) is 8.32 Å². The fourth-order valence-corrected chi connectivity index (χ4v) is 5.58. The Morgan fingerprint density at radius 2 is 1.55 bits per heavy atom. The Morgan fingerprint density at radius 3 is 2.19 bits per heavy atom. The van der Waals surface area contributed by atoms with Gasteiger partial charge in [0.25, 0.3) is 0 Å². The quantitative estimate of drug-likeness (QED) is 0.284. The van der Waals surface area contributed by atoms with E-state index in [0.717, 1.165) is 35.8 Å². The van der Waals surface area contributed by atoms with E-state index in [-0.39, 0.29) is 5.56 Å². The molecule has 5 heteroatoms. The maximum atomic E-state index is 11.8. The minimum absolute atomic E-state index is 0.268. The highest BCUT2D eigenvalue weighted by Gasteiger charge is 2.21. The molecule has 0 aromatic heterocycles. The zero-order chi connectivity index (χ0) is 22.3. The highest BCUT2D eigenvalue weighted by molar-refractivity contribution is 6.71. The van der Waals surface area contributed by atoms with Crippen molar-refractivity contribution in [3.05, 3.63) is 78.4 Å². The van der Waals surface area contributed by atoms with E-state index in [1.54, 1.807) is 12.1 Å². The summed E-state index contributed by atoms with van der Waals surface area (Å²) in [7, 11) is -1.62. The summed E-state index contributed by atoms with van der Waals surface area (Å²) in [4.78, 5) is 11.8. The van der Waals surface area contributed by atoms with Crippen molar-refractivity contribution in [3.8, 4) is 28.0 Å². The Labute approximate surface area is 185 Å². The van der Waals surface area contributed by atoms with Crippen LogP contribution in [-0.2, 0) is 4.43 Å². The lowest BCUT2D eigenvalue weighted by Gasteiger charge is -2.21. The predicted octanol–water partition coefficient (Wildman–Crippen LogP) is 6.73. The molecular formula is C26H30O4Si. The SMILES string of the molecule is CCO[Si](C)(C)CCCOc1ccc(C(=O)O)c(-c2ccc(-c3ccccc3)cc2)c1. The summed E-state index contributed by atoms with van der Waals surface area (Å²) in [6, 6.07) is 24.3. The van der Waals surface area contributed by atoms with Crippen LogP contribution in [0.5, 0.6) is 5.75 Å². The summed E-state index contributed by atoms with van der Waals surface area (Å²) in [5, 5.41) is 9.65. The summed E-state index contributed by atoms with van der Waals surface area (Å²) in [5.41, 5.74) is 4.00. The third-order valence-electron chi connectivity index (χ3n) is 5.25. The third kappa shape index (κ3) is 6.29. The lowest BCUT2D eigenvalue weighted by molar-refractivity contribution is 0.0697. The standard InChI is InChI=1S/C26H30O4Si/c1-4-30-31(2,3)18-8-17-29-23-15-16-24(26(27)28)25(19-23)22-13-11-21(12-14-22)20-9-6-5-7-10-20/h5-7,9-16,19H,4,8,17-18H2,1-3H3,(H,27,28). The van der Waals surface area contributed by atoms with Gasteiger partial charge in [0.05, 0.1) is 12.2 Å². The molecule has 0 aliphatic heterocycles. The van der Waals surface area contributed by atoms with Crippen molar-refractivity contribution in [2.45, 2.75) is 32.5 Å². The molecule has 0 aliphatic carbocycles. The number of benzene rings is 3. The first kappa shape index (κ1) is 22.8. The molecule has 3 aromatic carbocycles. The molecule has 0 aliphatic rings. The van der Waals surface area contributed by atoms with E-state index in [9.17, 15) is 9.90 Å². The zero-order valence-electron chi connectivity index (χ0n) is 18.4. The van der Waals surface area contributed by atoms with E-state index in [1.165, 1.54) is 0 Å². The summed E-state index contributed by atoms with van der Waals surface area (Å²) >= 11 is 0. The average molecular weight is 435 g/mol. The first-order valence-corrected chi connectivity index (χ1v) is 13.8. The molecule has 31 heavy (non-hydrogen) atoms. The van der Waals surface area contributed by atoms with Crippen LogP contribution in [0, 0.1) is 0 Å². The summed E-state index contributed by atoms with van der Waals surface area (Å²) in [6.45, 7) is 7.80. The van der Waals surface area contributed by atoms with Gasteiger partial charge in [-0.1, -0.05) is 54.6 Å². The van der Waals surface area contributed by atoms with Gasteiger partial charge in [-0.05, 0) is 72.9 Å². The summed E-state index contributed by atoms with van der Waals surface area (Å²) < 4.78 is 11.8. The van der Waals surface area contributed by atoms with E-state index in [2.05, 4.69) is 25.2 Å². The maximum Gasteiger partial charge on any atom is 0.336 e. The largest absolute Gasteiger partial charge is 0.494 e. The highest BCUT2D eigenvalue weighted by atomic mass is 28.4. The van der Waals surface area contributed by atoms with E-state index < -0.39 is 14.3 Å². The van der Waals surface area contributed by atoms with Crippen molar-refractivity contribution < 1.29 is 19.1 Å². The summed E-state index contributed by atoms with van der Waals surface area (Å²) in [6.07, 6.45) is 0.918. The second-order valence-corrected chi connectivity index (χ2v) is 12.4. The molecule has 0 atom stereocenters. The number of rotatable bonds is 10. The van der Waals surface area contributed by atoms with Gasteiger partial charge in [-0.15, -0.1) is 0 Å². The Kier molecular flexibility index (Phi) is 7.66. The van der Waals surface area contributed by atoms with Gasteiger partial charge in [0.1, 0.15) is 5.75 Å². The molecule has 0 unspecified atom stereocenters. The topological polar surface area (TPSA) is 55.8 Å². The third-order valence-corrected chi connectivity index (χ3v) is 7.88. The van der Waals surface area contributed by atoms with Crippen molar-refractivity contribution in [1.29, 1.82) is 0 Å². The number of hydrogen-bond donors (Lipinski definition) is 1. The van der Waals surface area contributed by atoms with Crippen molar-refractivity contribution in [2.75, 3.05) is 13.2 Å². The fraction of sp³-hybridized carbons (Fsp3) is 0.269. The van der Waals surface area contributed by atoms with Crippen LogP contribution in [0.1, 0.15) is 23.7 Å². The fourth-order valence-electron chi connectivity index (χ4n) is 3.66. The van der Waals surface area contributed by atoms with E-state index in [1.807, 2.05) is 55.5 Å². The number of carbonyl (C=O) groups is 1. The Morgan fingerprint density at radius 1 is 0.903 bits per heavy atom. The first-order chi connectivity index (χ1) is 14.9. The molecule has 0 heterocycles. The van der Waals surface area contributed by atoms with Gasteiger partial charge in [0.2, 0.25) is 0 Å². The van der Waals surface area contributed by atoms with Crippen LogP contribution in [0.15, 0.2) is 72.8 Å². The van der Waals surface area contributed by atoms with Gasteiger partial charge in [0, 0.05) is 6.61 Å². The smallest absolute Gasteiger partial charge is 0.336 e. The van der Waals surface area contributed by atoms with Gasteiger partial charge in [-0.25, -0.2) is 4.79 Å². The van der Waals surface area contributed by atoms with E-state index in [0.29, 0.717) is 17.9 Å². The Hall–Kier alpha value is -2.89. The number of hydrogen-bond acceptors (Lipinski definition) is 3. The minimum Gasteiger partial charge on any atom is -0.494 e. The molecule has 0 saturated carbocycles. The molecule has 1 N–H and O–H groups in total. The molecule has 0 spiro atoms. The van der Waals surface area contributed by atoms with Gasteiger partial charge < -0.3 is 14.3 Å². The normalized spacial score (nSPS) is 11.3. The molecule has 0 fully saturated rings. The minimum atomic E-state index is -1.62. The van der Waals surface area contributed by atoms with E-state index >= 15 is 0 Å². The lowest BCUT2D eigenvalue weighted by Crippen LogP contribution is -2.30.